The van der Waals surface area contributed by atoms with Gasteiger partial charge >= 0.3 is 0 Å². The van der Waals surface area contributed by atoms with Gasteiger partial charge < -0.3 is 9.88 Å². The maximum absolute atomic E-state index is 12.6. The van der Waals surface area contributed by atoms with Crippen molar-refractivity contribution in [2.75, 3.05) is 5.32 Å². The van der Waals surface area contributed by atoms with Gasteiger partial charge in [-0.05, 0) is 42.8 Å². The van der Waals surface area contributed by atoms with E-state index in [1.165, 1.54) is 6.07 Å². The summed E-state index contributed by atoms with van der Waals surface area (Å²) < 4.78 is 1.55. The first-order chi connectivity index (χ1) is 12.6. The number of carbonyl (C=O) groups excluding carboxylic acids is 1. The number of aromatic nitrogens is 1. The van der Waals surface area contributed by atoms with Crippen LogP contribution >= 0.6 is 0 Å². The van der Waals surface area contributed by atoms with Gasteiger partial charge in [0.25, 0.3) is 11.5 Å². The molecule has 2 aromatic carbocycles. The maximum atomic E-state index is 12.6. The van der Waals surface area contributed by atoms with Gasteiger partial charge in [0.05, 0.1) is 18.2 Å². The van der Waals surface area contributed by atoms with Crippen molar-refractivity contribution in [1.29, 1.82) is 5.26 Å². The topological polar surface area (TPSA) is 74.9 Å². The van der Waals surface area contributed by atoms with E-state index in [0.717, 1.165) is 11.1 Å². The molecule has 0 bridgehead atoms. The zero-order valence-corrected chi connectivity index (χ0v) is 14.3. The van der Waals surface area contributed by atoms with E-state index in [2.05, 4.69) is 5.32 Å². The molecule has 3 aromatic rings. The SMILES string of the molecule is Cc1ccc(Cn2cccc(NC(=O)c3cccc(C#N)c3)c2=O)cc1. The Kier molecular flexibility index (Phi) is 4.95. The third-order valence-corrected chi connectivity index (χ3v) is 4.00. The second kappa shape index (κ2) is 7.49. The fraction of sp³-hybridized carbons (Fsp3) is 0.0952. The van der Waals surface area contributed by atoms with Gasteiger partial charge in [-0.3, -0.25) is 9.59 Å². The number of nitrogens with zero attached hydrogens (tertiary/aromatic N) is 2. The highest BCUT2D eigenvalue weighted by atomic mass is 16.2. The number of benzene rings is 2. The van der Waals surface area contributed by atoms with Gasteiger partial charge in [-0.15, -0.1) is 0 Å². The lowest BCUT2D eigenvalue weighted by Crippen LogP contribution is -2.25. The number of amides is 1. The number of rotatable bonds is 4. The number of pyridine rings is 1. The van der Waals surface area contributed by atoms with E-state index in [0.29, 0.717) is 17.7 Å². The summed E-state index contributed by atoms with van der Waals surface area (Å²) in [5.74, 6) is -0.424. The first-order valence-electron chi connectivity index (χ1n) is 8.13. The standard InChI is InChI=1S/C21H17N3O2/c1-15-7-9-16(10-8-15)14-24-11-3-6-19(21(24)26)23-20(25)18-5-2-4-17(12-18)13-22/h2-12H,14H2,1H3,(H,23,25). The summed E-state index contributed by atoms with van der Waals surface area (Å²) in [6.45, 7) is 2.43. The molecule has 3 rings (SSSR count). The molecule has 5 heteroatoms. The maximum Gasteiger partial charge on any atom is 0.274 e. The molecule has 26 heavy (non-hydrogen) atoms. The van der Waals surface area contributed by atoms with E-state index in [1.807, 2.05) is 37.3 Å². The zero-order valence-electron chi connectivity index (χ0n) is 14.3. The number of nitrogens with one attached hydrogen (secondary N) is 1. The molecule has 0 aliphatic heterocycles. The lowest BCUT2D eigenvalue weighted by molar-refractivity contribution is 0.102. The first-order valence-corrected chi connectivity index (χ1v) is 8.13. The van der Waals surface area contributed by atoms with Crippen LogP contribution in [0.25, 0.3) is 0 Å². The minimum atomic E-state index is -0.424. The molecule has 0 saturated heterocycles. The quantitative estimate of drug-likeness (QED) is 0.789. The average Bonchev–Trinajstić information content (AvgIpc) is 2.66. The average molecular weight is 343 g/mol. The van der Waals surface area contributed by atoms with Crippen molar-refractivity contribution < 1.29 is 4.79 Å². The summed E-state index contributed by atoms with van der Waals surface area (Å²) in [6.07, 6.45) is 1.69. The van der Waals surface area contributed by atoms with Crippen LogP contribution in [-0.2, 0) is 6.54 Å². The first kappa shape index (κ1) is 17.2. The molecule has 5 nitrogen and oxygen atoms in total. The Bertz CT molecular complexity index is 1040. The van der Waals surface area contributed by atoms with Crippen LogP contribution in [0, 0.1) is 18.3 Å². The molecular formula is C21H17N3O2. The number of carbonyl (C=O) groups is 1. The summed E-state index contributed by atoms with van der Waals surface area (Å²) >= 11 is 0. The summed E-state index contributed by atoms with van der Waals surface area (Å²) in [6, 6.07) is 19.6. The Balaban J connectivity index is 1.82. The monoisotopic (exact) mass is 343 g/mol. The zero-order chi connectivity index (χ0) is 18.5. The summed E-state index contributed by atoms with van der Waals surface area (Å²) in [4.78, 5) is 25.0. The molecule has 0 unspecified atom stereocenters. The number of hydrogen-bond donors (Lipinski definition) is 1. The van der Waals surface area contributed by atoms with Gasteiger partial charge in [-0.25, -0.2) is 0 Å². The van der Waals surface area contributed by atoms with Crippen LogP contribution in [0.15, 0.2) is 71.7 Å². The van der Waals surface area contributed by atoms with Crippen molar-refractivity contribution in [2.24, 2.45) is 0 Å². The second-order valence-corrected chi connectivity index (χ2v) is 5.99. The molecule has 1 N–H and O–H groups in total. The summed E-state index contributed by atoms with van der Waals surface area (Å²) in [5, 5.41) is 11.6. The molecule has 128 valence electrons. The molecule has 1 aromatic heterocycles. The number of hydrogen-bond acceptors (Lipinski definition) is 3. The minimum Gasteiger partial charge on any atom is -0.317 e. The van der Waals surface area contributed by atoms with Crippen molar-refractivity contribution >= 4 is 11.6 Å². The number of aryl methyl sites for hydroxylation is 1. The van der Waals surface area contributed by atoms with Gasteiger partial charge in [0.1, 0.15) is 5.69 Å². The highest BCUT2D eigenvalue weighted by molar-refractivity contribution is 6.04. The molecule has 0 aliphatic carbocycles. The van der Waals surface area contributed by atoms with Crippen LogP contribution in [0.5, 0.6) is 0 Å². The lowest BCUT2D eigenvalue weighted by Gasteiger charge is -2.10. The fourth-order valence-electron chi connectivity index (χ4n) is 2.57. The third-order valence-electron chi connectivity index (χ3n) is 4.00. The molecule has 0 atom stereocenters. The minimum absolute atomic E-state index is 0.201. The summed E-state index contributed by atoms with van der Waals surface area (Å²) in [5.41, 5.74) is 2.80. The van der Waals surface area contributed by atoms with Crippen LogP contribution in [0.1, 0.15) is 27.0 Å². The Morgan fingerprint density at radius 3 is 2.62 bits per heavy atom. The van der Waals surface area contributed by atoms with Crippen molar-refractivity contribution in [3.63, 3.8) is 0 Å². The smallest absolute Gasteiger partial charge is 0.274 e. The number of anilines is 1. The van der Waals surface area contributed by atoms with E-state index in [4.69, 9.17) is 5.26 Å². The van der Waals surface area contributed by atoms with Crippen LogP contribution in [0.2, 0.25) is 0 Å². The van der Waals surface area contributed by atoms with Crippen molar-refractivity contribution in [2.45, 2.75) is 13.5 Å². The van der Waals surface area contributed by atoms with Gasteiger partial charge in [0.15, 0.2) is 0 Å². The molecule has 1 heterocycles. The van der Waals surface area contributed by atoms with E-state index in [-0.39, 0.29) is 11.2 Å². The van der Waals surface area contributed by atoms with Crippen LogP contribution in [0.4, 0.5) is 5.69 Å². The van der Waals surface area contributed by atoms with Crippen LogP contribution in [0.3, 0.4) is 0 Å². The summed E-state index contributed by atoms with van der Waals surface area (Å²) in [7, 11) is 0. The van der Waals surface area contributed by atoms with Gasteiger partial charge in [-0.2, -0.15) is 5.26 Å². The Morgan fingerprint density at radius 2 is 1.88 bits per heavy atom. The highest BCUT2D eigenvalue weighted by Crippen LogP contribution is 2.09. The normalized spacial score (nSPS) is 10.2. The third kappa shape index (κ3) is 3.87. The molecule has 0 fully saturated rings. The molecule has 0 spiro atoms. The van der Waals surface area contributed by atoms with Crippen LogP contribution < -0.4 is 10.9 Å². The molecule has 0 saturated carbocycles. The van der Waals surface area contributed by atoms with E-state index in [1.54, 1.807) is 41.1 Å². The highest BCUT2D eigenvalue weighted by Gasteiger charge is 2.10. The largest absolute Gasteiger partial charge is 0.317 e. The Labute approximate surface area is 151 Å². The number of nitriles is 1. The van der Waals surface area contributed by atoms with Gasteiger partial charge in [0, 0.05) is 11.8 Å². The predicted octanol–water partition coefficient (Wildman–Crippen LogP) is 3.33. The van der Waals surface area contributed by atoms with Gasteiger partial charge in [-0.1, -0.05) is 35.9 Å². The lowest BCUT2D eigenvalue weighted by atomic mass is 10.1. The van der Waals surface area contributed by atoms with E-state index in [9.17, 15) is 9.59 Å². The molecular weight excluding hydrogens is 326 g/mol. The van der Waals surface area contributed by atoms with E-state index < -0.39 is 5.91 Å². The van der Waals surface area contributed by atoms with Crippen molar-refractivity contribution in [3.05, 3.63) is 99.5 Å². The molecule has 1 amide bonds. The second-order valence-electron chi connectivity index (χ2n) is 5.99. The fourth-order valence-corrected chi connectivity index (χ4v) is 2.57. The predicted molar refractivity (Wildman–Crippen MR) is 100 cm³/mol. The Morgan fingerprint density at radius 1 is 1.12 bits per heavy atom. The van der Waals surface area contributed by atoms with Crippen LogP contribution in [-0.4, -0.2) is 10.5 Å². The Hall–Kier alpha value is -3.65. The molecule has 0 aliphatic rings. The van der Waals surface area contributed by atoms with Crippen molar-refractivity contribution in [1.82, 2.24) is 4.57 Å². The molecule has 0 radical (unpaired) electrons. The van der Waals surface area contributed by atoms with Crippen molar-refractivity contribution in [3.8, 4) is 6.07 Å². The van der Waals surface area contributed by atoms with Gasteiger partial charge in [0.2, 0.25) is 0 Å². The van der Waals surface area contributed by atoms with E-state index >= 15 is 0 Å².